The van der Waals surface area contributed by atoms with Crippen LogP contribution in [-0.4, -0.2) is 12.9 Å². The fourth-order valence-corrected chi connectivity index (χ4v) is 5.48. The van der Waals surface area contributed by atoms with Crippen LogP contribution in [0.1, 0.15) is 56.1 Å². The number of Topliss-reactive ketones (excluding diaryl/α,β-unsaturated/α-hetero) is 1. The van der Waals surface area contributed by atoms with E-state index in [0.717, 1.165) is 37.9 Å². The first-order chi connectivity index (χ1) is 10.6. The molecule has 3 heteroatoms. The highest BCUT2D eigenvalue weighted by Gasteiger charge is 2.54. The number of hydrogen-bond donors (Lipinski definition) is 0. The minimum atomic E-state index is -0.0300. The summed E-state index contributed by atoms with van der Waals surface area (Å²) >= 11 is 0. The van der Waals surface area contributed by atoms with Gasteiger partial charge in [0.2, 0.25) is 0 Å². The summed E-state index contributed by atoms with van der Waals surface area (Å²) in [7, 11) is 1.54. The lowest BCUT2D eigenvalue weighted by atomic mass is 9.55. The molecule has 1 aromatic carbocycles. The zero-order valence-electron chi connectivity index (χ0n) is 13.4. The summed E-state index contributed by atoms with van der Waals surface area (Å²) in [6.45, 7) is 2.23. The molecule has 22 heavy (non-hydrogen) atoms. The van der Waals surface area contributed by atoms with Crippen molar-refractivity contribution in [3.8, 4) is 5.75 Å². The minimum absolute atomic E-state index is 0.0300. The summed E-state index contributed by atoms with van der Waals surface area (Å²) in [6.07, 6.45) is 6.43. The second-order valence-corrected chi connectivity index (χ2v) is 7.44. The predicted molar refractivity (Wildman–Crippen MR) is 83.7 cm³/mol. The molecular formula is C19H24O3. The van der Waals surface area contributed by atoms with Gasteiger partial charge in [-0.2, -0.15) is 4.89 Å². The van der Waals surface area contributed by atoms with Gasteiger partial charge in [0.25, 0.3) is 0 Å². The fourth-order valence-electron chi connectivity index (χ4n) is 5.48. The van der Waals surface area contributed by atoms with Crippen LogP contribution in [0.5, 0.6) is 5.75 Å². The first kappa shape index (κ1) is 14.3. The number of ketones is 1. The maximum Gasteiger partial charge on any atom is 0.165 e. The summed E-state index contributed by atoms with van der Waals surface area (Å²) in [4.78, 5) is 22.3. The topological polar surface area (TPSA) is 35.5 Å². The van der Waals surface area contributed by atoms with Crippen LogP contribution in [-0.2, 0) is 16.1 Å². The molecule has 0 spiro atoms. The van der Waals surface area contributed by atoms with E-state index in [1.54, 1.807) is 0 Å². The Kier molecular flexibility index (Phi) is 3.30. The van der Waals surface area contributed by atoms with E-state index in [9.17, 15) is 4.79 Å². The van der Waals surface area contributed by atoms with Crippen molar-refractivity contribution in [3.63, 3.8) is 0 Å². The Morgan fingerprint density at radius 3 is 2.86 bits per heavy atom. The summed E-state index contributed by atoms with van der Waals surface area (Å²) in [5.41, 5.74) is 2.86. The molecule has 2 fully saturated rings. The van der Waals surface area contributed by atoms with E-state index in [4.69, 9.17) is 9.78 Å². The Hall–Kier alpha value is -1.35. The quantitative estimate of drug-likeness (QED) is 0.610. The number of hydrogen-bond acceptors (Lipinski definition) is 3. The van der Waals surface area contributed by atoms with Gasteiger partial charge in [-0.05, 0) is 73.1 Å². The summed E-state index contributed by atoms with van der Waals surface area (Å²) in [5.74, 6) is 3.22. The summed E-state index contributed by atoms with van der Waals surface area (Å²) in [6, 6.07) is 6.36. The van der Waals surface area contributed by atoms with E-state index in [1.165, 1.54) is 24.7 Å². The van der Waals surface area contributed by atoms with Crippen molar-refractivity contribution in [3.05, 3.63) is 29.3 Å². The predicted octanol–water partition coefficient (Wildman–Crippen LogP) is 4.05. The molecule has 3 aliphatic carbocycles. The van der Waals surface area contributed by atoms with Crippen molar-refractivity contribution < 1.29 is 14.6 Å². The van der Waals surface area contributed by atoms with Gasteiger partial charge in [0.05, 0.1) is 7.11 Å². The van der Waals surface area contributed by atoms with Gasteiger partial charge >= 0.3 is 0 Å². The molecule has 118 valence electrons. The van der Waals surface area contributed by atoms with E-state index in [0.29, 0.717) is 23.5 Å². The van der Waals surface area contributed by atoms with Gasteiger partial charge in [-0.25, -0.2) is 0 Å². The second kappa shape index (κ2) is 5.09. The maximum absolute atomic E-state index is 12.3. The summed E-state index contributed by atoms with van der Waals surface area (Å²) < 4.78 is 0. The highest BCUT2D eigenvalue weighted by molar-refractivity contribution is 5.87. The smallest absolute Gasteiger partial charge is 0.165 e. The molecule has 4 atom stereocenters. The molecule has 0 saturated heterocycles. The molecule has 0 bridgehead atoms. The lowest BCUT2D eigenvalue weighted by molar-refractivity contribution is -0.178. The SMILES string of the molecule is COOc1ccc2c(c1)CC[C@@H]1[C@@H]2CC[C@]2(C)C(=O)CC[C@@H]12. The molecule has 0 heterocycles. The molecule has 0 aromatic heterocycles. The molecule has 0 radical (unpaired) electrons. The molecule has 3 aliphatic rings. The van der Waals surface area contributed by atoms with Crippen LogP contribution in [0.3, 0.4) is 0 Å². The standard InChI is InChI=1S/C19H24O3/c1-19-10-9-15-14-6-4-13(22-21-2)11-12(14)3-5-16(15)17(19)7-8-18(19)20/h4,6,11,15-17H,3,5,7-10H2,1-2H3/t15-,16-,17+,19+/m1/s1. The molecule has 0 aliphatic heterocycles. The monoisotopic (exact) mass is 300 g/mol. The van der Waals surface area contributed by atoms with Crippen molar-refractivity contribution in [2.45, 2.75) is 51.4 Å². The number of benzene rings is 1. The van der Waals surface area contributed by atoms with Crippen molar-refractivity contribution in [1.82, 2.24) is 0 Å². The molecule has 4 rings (SSSR count). The summed E-state index contributed by atoms with van der Waals surface area (Å²) in [5, 5.41) is 0. The first-order valence-electron chi connectivity index (χ1n) is 8.50. The van der Waals surface area contributed by atoms with Crippen molar-refractivity contribution in [2.24, 2.45) is 17.3 Å². The van der Waals surface area contributed by atoms with Gasteiger partial charge in [-0.15, -0.1) is 0 Å². The Labute approximate surface area is 131 Å². The first-order valence-corrected chi connectivity index (χ1v) is 8.50. The second-order valence-electron chi connectivity index (χ2n) is 7.44. The number of rotatable bonds is 2. The lowest BCUT2D eigenvalue weighted by Gasteiger charge is -2.48. The number of aryl methyl sites for hydroxylation is 1. The van der Waals surface area contributed by atoms with Gasteiger partial charge in [0.1, 0.15) is 5.78 Å². The van der Waals surface area contributed by atoms with E-state index < -0.39 is 0 Å². The van der Waals surface area contributed by atoms with Crippen LogP contribution in [0.2, 0.25) is 0 Å². The van der Waals surface area contributed by atoms with Gasteiger partial charge in [-0.3, -0.25) is 4.79 Å². The van der Waals surface area contributed by atoms with Crippen LogP contribution in [0, 0.1) is 17.3 Å². The Morgan fingerprint density at radius 1 is 1.18 bits per heavy atom. The molecule has 0 N–H and O–H groups in total. The third kappa shape index (κ3) is 1.95. The van der Waals surface area contributed by atoms with Gasteiger partial charge in [-0.1, -0.05) is 13.0 Å². The fraction of sp³-hybridized carbons (Fsp3) is 0.632. The van der Waals surface area contributed by atoms with Crippen LogP contribution in [0.15, 0.2) is 18.2 Å². The van der Waals surface area contributed by atoms with Crippen LogP contribution >= 0.6 is 0 Å². The number of fused-ring (bicyclic) bond motifs is 5. The van der Waals surface area contributed by atoms with Gasteiger partial charge in [0, 0.05) is 11.8 Å². The van der Waals surface area contributed by atoms with Crippen molar-refractivity contribution >= 4 is 5.78 Å². The number of carbonyl (C=O) groups is 1. The Balaban J connectivity index is 1.66. The average molecular weight is 300 g/mol. The van der Waals surface area contributed by atoms with E-state index in [-0.39, 0.29) is 5.41 Å². The molecule has 2 saturated carbocycles. The van der Waals surface area contributed by atoms with Crippen molar-refractivity contribution in [2.75, 3.05) is 7.11 Å². The molecule has 0 amide bonds. The largest absolute Gasteiger partial charge is 0.338 e. The average Bonchev–Trinajstić information content (AvgIpc) is 2.83. The molecular weight excluding hydrogens is 276 g/mol. The molecule has 3 nitrogen and oxygen atoms in total. The minimum Gasteiger partial charge on any atom is -0.338 e. The molecule has 1 aromatic rings. The van der Waals surface area contributed by atoms with Crippen LogP contribution < -0.4 is 4.89 Å². The highest BCUT2D eigenvalue weighted by Crippen LogP contribution is 2.59. The normalized spacial score (nSPS) is 36.5. The van der Waals surface area contributed by atoms with Crippen LogP contribution in [0.4, 0.5) is 0 Å². The van der Waals surface area contributed by atoms with Crippen LogP contribution in [0.25, 0.3) is 0 Å². The third-order valence-electron chi connectivity index (χ3n) is 6.59. The zero-order chi connectivity index (χ0) is 15.3. The third-order valence-corrected chi connectivity index (χ3v) is 6.59. The van der Waals surface area contributed by atoms with Crippen molar-refractivity contribution in [1.29, 1.82) is 0 Å². The maximum atomic E-state index is 12.3. The zero-order valence-corrected chi connectivity index (χ0v) is 13.4. The van der Waals surface area contributed by atoms with E-state index in [2.05, 4.69) is 19.1 Å². The number of carbonyl (C=O) groups excluding carboxylic acids is 1. The Morgan fingerprint density at radius 2 is 2.05 bits per heavy atom. The van der Waals surface area contributed by atoms with E-state index in [1.807, 2.05) is 6.07 Å². The Bertz CT molecular complexity index is 609. The highest BCUT2D eigenvalue weighted by atomic mass is 17.2. The van der Waals surface area contributed by atoms with Gasteiger partial charge < -0.3 is 4.89 Å². The van der Waals surface area contributed by atoms with E-state index >= 15 is 0 Å². The van der Waals surface area contributed by atoms with Gasteiger partial charge in [0.15, 0.2) is 5.75 Å². The molecule has 0 unspecified atom stereocenters. The lowest BCUT2D eigenvalue weighted by Crippen LogP contribution is -2.42.